The molecule has 0 heterocycles. The second-order valence-electron chi connectivity index (χ2n) is 5.54. The number of carboxylic acids is 1. The summed E-state index contributed by atoms with van der Waals surface area (Å²) in [5.74, 6) is -1.67. The Morgan fingerprint density at radius 2 is 1.96 bits per heavy atom. The number of nitrogens with one attached hydrogen (secondary N) is 1. The molecule has 0 saturated carbocycles. The van der Waals surface area contributed by atoms with E-state index in [0.29, 0.717) is 22.8 Å². The number of carbonyl (C=O) groups is 3. The van der Waals surface area contributed by atoms with Crippen LogP contribution in [0.15, 0.2) is 18.2 Å². The standard InChI is InChI=1S/C17H22ClNO5/c1-4-10(2)16(17(22)23)19-15(21)8-6-13(20)12-9-11(18)5-7-14(12)24-3/h5,7,9-10,16H,4,6,8H2,1-3H3,(H,19,21)(H,22,23). The van der Waals surface area contributed by atoms with Crippen molar-refractivity contribution >= 4 is 29.3 Å². The minimum Gasteiger partial charge on any atom is -0.496 e. The minimum atomic E-state index is -1.08. The Bertz CT molecular complexity index is 617. The zero-order chi connectivity index (χ0) is 18.3. The summed E-state index contributed by atoms with van der Waals surface area (Å²) < 4.78 is 5.11. The molecule has 0 aliphatic rings. The van der Waals surface area contributed by atoms with Gasteiger partial charge in [0, 0.05) is 17.9 Å². The number of hydrogen-bond donors (Lipinski definition) is 2. The summed E-state index contributed by atoms with van der Waals surface area (Å²) in [6, 6.07) is 3.71. The first-order valence-corrected chi connectivity index (χ1v) is 8.06. The number of hydrogen-bond acceptors (Lipinski definition) is 4. The number of aliphatic carboxylic acids is 1. The normalized spacial score (nSPS) is 13.0. The Morgan fingerprint density at radius 3 is 2.50 bits per heavy atom. The molecule has 1 rings (SSSR count). The molecule has 1 amide bonds. The molecule has 24 heavy (non-hydrogen) atoms. The molecule has 2 N–H and O–H groups in total. The van der Waals surface area contributed by atoms with Crippen molar-refractivity contribution in [1.82, 2.24) is 5.32 Å². The maximum atomic E-state index is 12.3. The fourth-order valence-corrected chi connectivity index (χ4v) is 2.36. The Kier molecular flexibility index (Phi) is 7.71. The van der Waals surface area contributed by atoms with E-state index in [0.717, 1.165) is 0 Å². The first kappa shape index (κ1) is 20.0. The molecule has 1 aromatic rings. The van der Waals surface area contributed by atoms with Crippen LogP contribution in [0.1, 0.15) is 43.5 Å². The third kappa shape index (κ3) is 5.53. The number of carboxylic acid groups (broad SMARTS) is 1. The van der Waals surface area contributed by atoms with Crippen LogP contribution in [-0.4, -0.2) is 35.9 Å². The predicted molar refractivity (Wildman–Crippen MR) is 90.6 cm³/mol. The predicted octanol–water partition coefficient (Wildman–Crippen LogP) is 2.93. The lowest BCUT2D eigenvalue weighted by molar-refractivity contribution is -0.143. The van der Waals surface area contributed by atoms with Gasteiger partial charge >= 0.3 is 5.97 Å². The van der Waals surface area contributed by atoms with Gasteiger partial charge in [-0.15, -0.1) is 0 Å². The molecule has 0 saturated heterocycles. The average Bonchev–Trinajstić information content (AvgIpc) is 2.56. The van der Waals surface area contributed by atoms with Crippen LogP contribution in [0.4, 0.5) is 0 Å². The van der Waals surface area contributed by atoms with E-state index in [2.05, 4.69) is 5.32 Å². The minimum absolute atomic E-state index is 0.0601. The van der Waals surface area contributed by atoms with Gasteiger partial charge in [-0.2, -0.15) is 0 Å². The van der Waals surface area contributed by atoms with E-state index < -0.39 is 17.9 Å². The first-order chi connectivity index (χ1) is 11.3. The molecule has 2 atom stereocenters. The fraction of sp³-hybridized carbons (Fsp3) is 0.471. The van der Waals surface area contributed by atoms with Gasteiger partial charge < -0.3 is 15.2 Å². The number of ketones is 1. The summed E-state index contributed by atoms with van der Waals surface area (Å²) >= 11 is 5.88. The monoisotopic (exact) mass is 355 g/mol. The number of Topliss-reactive ketones (excluding diaryl/α,β-unsaturated/α-hetero) is 1. The van der Waals surface area contributed by atoms with Gasteiger partial charge in [0.2, 0.25) is 5.91 Å². The van der Waals surface area contributed by atoms with Crippen LogP contribution in [0, 0.1) is 5.92 Å². The van der Waals surface area contributed by atoms with Crippen molar-refractivity contribution in [3.63, 3.8) is 0 Å². The lowest BCUT2D eigenvalue weighted by atomic mass is 9.99. The van der Waals surface area contributed by atoms with Crippen molar-refractivity contribution in [2.45, 2.75) is 39.2 Å². The number of methoxy groups -OCH3 is 1. The third-order valence-corrected chi connectivity index (χ3v) is 4.07. The molecule has 0 spiro atoms. The van der Waals surface area contributed by atoms with Crippen molar-refractivity contribution in [3.8, 4) is 5.75 Å². The Morgan fingerprint density at radius 1 is 1.29 bits per heavy atom. The molecule has 0 aromatic heterocycles. The van der Waals surface area contributed by atoms with Crippen molar-refractivity contribution < 1.29 is 24.2 Å². The summed E-state index contributed by atoms with van der Waals surface area (Å²) in [7, 11) is 1.44. The maximum absolute atomic E-state index is 12.3. The summed E-state index contributed by atoms with van der Waals surface area (Å²) in [5, 5.41) is 12.0. The van der Waals surface area contributed by atoms with E-state index >= 15 is 0 Å². The maximum Gasteiger partial charge on any atom is 0.326 e. The van der Waals surface area contributed by atoms with Crippen molar-refractivity contribution in [2.75, 3.05) is 7.11 Å². The van der Waals surface area contributed by atoms with Gasteiger partial charge in [-0.05, 0) is 24.1 Å². The molecular weight excluding hydrogens is 334 g/mol. The highest BCUT2D eigenvalue weighted by atomic mass is 35.5. The third-order valence-electron chi connectivity index (χ3n) is 3.84. The summed E-state index contributed by atoms with van der Waals surface area (Å²) in [5.41, 5.74) is 0.300. The van der Waals surface area contributed by atoms with Gasteiger partial charge in [0.05, 0.1) is 12.7 Å². The topological polar surface area (TPSA) is 92.7 Å². The highest BCUT2D eigenvalue weighted by Crippen LogP contribution is 2.24. The highest BCUT2D eigenvalue weighted by molar-refractivity contribution is 6.31. The number of carbonyl (C=O) groups excluding carboxylic acids is 2. The summed E-state index contributed by atoms with van der Waals surface area (Å²) in [4.78, 5) is 35.4. The van der Waals surface area contributed by atoms with E-state index in [4.69, 9.17) is 21.4 Å². The lowest BCUT2D eigenvalue weighted by Gasteiger charge is -2.20. The van der Waals surface area contributed by atoms with Gasteiger partial charge in [0.1, 0.15) is 11.8 Å². The van der Waals surface area contributed by atoms with Crippen LogP contribution < -0.4 is 10.1 Å². The van der Waals surface area contributed by atoms with Gasteiger partial charge in [0.25, 0.3) is 0 Å². The second kappa shape index (κ2) is 9.27. The Labute approximate surface area is 146 Å². The fourth-order valence-electron chi connectivity index (χ4n) is 2.19. The largest absolute Gasteiger partial charge is 0.496 e. The van der Waals surface area contributed by atoms with Crippen LogP contribution in [0.3, 0.4) is 0 Å². The molecular formula is C17H22ClNO5. The van der Waals surface area contributed by atoms with Gasteiger partial charge in [-0.1, -0.05) is 31.9 Å². The zero-order valence-corrected chi connectivity index (χ0v) is 14.7. The van der Waals surface area contributed by atoms with Gasteiger partial charge in [-0.25, -0.2) is 4.79 Å². The SMILES string of the molecule is CCC(C)C(NC(=O)CCC(=O)c1cc(Cl)ccc1OC)C(=O)O. The molecule has 0 radical (unpaired) electrons. The van der Waals surface area contributed by atoms with Crippen molar-refractivity contribution in [2.24, 2.45) is 5.92 Å². The molecule has 0 fully saturated rings. The Balaban J connectivity index is 2.68. The van der Waals surface area contributed by atoms with E-state index in [1.165, 1.54) is 13.2 Å². The van der Waals surface area contributed by atoms with Crippen molar-refractivity contribution in [1.29, 1.82) is 0 Å². The molecule has 132 valence electrons. The van der Waals surface area contributed by atoms with Crippen molar-refractivity contribution in [3.05, 3.63) is 28.8 Å². The molecule has 0 bridgehead atoms. The Hall–Kier alpha value is -2.08. The number of benzene rings is 1. The summed E-state index contributed by atoms with van der Waals surface area (Å²) in [6.07, 6.45) is 0.458. The number of rotatable bonds is 9. The molecule has 0 aliphatic carbocycles. The van der Waals surface area contributed by atoms with Crippen LogP contribution in [-0.2, 0) is 9.59 Å². The first-order valence-electron chi connectivity index (χ1n) is 7.69. The van der Waals surface area contributed by atoms with E-state index in [9.17, 15) is 14.4 Å². The number of halogens is 1. The molecule has 0 aliphatic heterocycles. The van der Waals surface area contributed by atoms with Gasteiger partial charge in [0.15, 0.2) is 5.78 Å². The lowest BCUT2D eigenvalue weighted by Crippen LogP contribution is -2.45. The molecule has 6 nitrogen and oxygen atoms in total. The van der Waals surface area contributed by atoms with Crippen LogP contribution in [0.25, 0.3) is 0 Å². The van der Waals surface area contributed by atoms with E-state index in [1.54, 1.807) is 19.1 Å². The number of amides is 1. The van der Waals surface area contributed by atoms with E-state index in [-0.39, 0.29) is 24.5 Å². The van der Waals surface area contributed by atoms with Gasteiger partial charge in [-0.3, -0.25) is 9.59 Å². The zero-order valence-electron chi connectivity index (χ0n) is 14.0. The molecule has 7 heteroatoms. The molecule has 2 unspecified atom stereocenters. The quantitative estimate of drug-likeness (QED) is 0.664. The smallest absolute Gasteiger partial charge is 0.326 e. The highest BCUT2D eigenvalue weighted by Gasteiger charge is 2.25. The van der Waals surface area contributed by atoms with Crippen LogP contribution in [0.5, 0.6) is 5.75 Å². The second-order valence-corrected chi connectivity index (χ2v) is 5.97. The molecule has 1 aromatic carbocycles. The van der Waals surface area contributed by atoms with Crippen LogP contribution in [0.2, 0.25) is 5.02 Å². The average molecular weight is 356 g/mol. The van der Waals surface area contributed by atoms with E-state index in [1.807, 2.05) is 6.92 Å². The summed E-state index contributed by atoms with van der Waals surface area (Å²) in [6.45, 7) is 3.60. The number of ether oxygens (including phenoxy) is 1. The van der Waals surface area contributed by atoms with Crippen LogP contribution >= 0.6 is 11.6 Å².